The number of carbonyl (C=O) groups is 1. The molecule has 110 valence electrons. The van der Waals surface area contributed by atoms with Gasteiger partial charge in [-0.25, -0.2) is 0 Å². The number of hydrogen-bond acceptors (Lipinski definition) is 4. The summed E-state index contributed by atoms with van der Waals surface area (Å²) in [5, 5.41) is 12.3. The van der Waals surface area contributed by atoms with Crippen LogP contribution in [0.4, 0.5) is 0 Å². The fraction of sp³-hybridized carbons (Fsp3) is 0.533. The molecule has 1 aliphatic heterocycles. The van der Waals surface area contributed by atoms with Crippen LogP contribution in [0.3, 0.4) is 0 Å². The van der Waals surface area contributed by atoms with E-state index < -0.39 is 5.54 Å². The summed E-state index contributed by atoms with van der Waals surface area (Å²) in [6.07, 6.45) is 1.63. The number of nitrogens with one attached hydrogen (secondary N) is 1. The van der Waals surface area contributed by atoms with E-state index in [2.05, 4.69) is 5.32 Å². The Bertz CT molecular complexity index is 430. The molecule has 1 aliphatic rings. The minimum absolute atomic E-state index is 0.104. The Morgan fingerprint density at radius 1 is 1.35 bits per heavy atom. The molecule has 4 N–H and O–H groups in total. The Morgan fingerprint density at radius 2 is 2.00 bits per heavy atom. The molecule has 0 aliphatic carbocycles. The summed E-state index contributed by atoms with van der Waals surface area (Å²) >= 11 is 0. The van der Waals surface area contributed by atoms with E-state index in [4.69, 9.17) is 10.5 Å². The van der Waals surface area contributed by atoms with Crippen molar-refractivity contribution in [2.24, 2.45) is 5.73 Å². The maximum Gasteiger partial charge on any atom is 0.240 e. The first kappa shape index (κ1) is 15.0. The van der Waals surface area contributed by atoms with Gasteiger partial charge >= 0.3 is 0 Å². The first-order valence-electron chi connectivity index (χ1n) is 6.96. The molecule has 1 fully saturated rings. The minimum atomic E-state index is -0.873. The van der Waals surface area contributed by atoms with Crippen LogP contribution < -0.4 is 11.1 Å². The maximum atomic E-state index is 12.3. The third kappa shape index (κ3) is 3.79. The van der Waals surface area contributed by atoms with Gasteiger partial charge < -0.3 is 20.9 Å². The lowest BCUT2D eigenvalue weighted by molar-refractivity contribution is -0.130. The summed E-state index contributed by atoms with van der Waals surface area (Å²) in [4.78, 5) is 12.3. The van der Waals surface area contributed by atoms with Gasteiger partial charge in [-0.15, -0.1) is 0 Å². The van der Waals surface area contributed by atoms with E-state index in [9.17, 15) is 9.90 Å². The van der Waals surface area contributed by atoms with Crippen LogP contribution in [0.2, 0.25) is 0 Å². The molecule has 2 rings (SSSR count). The lowest BCUT2D eigenvalue weighted by Crippen LogP contribution is -2.59. The van der Waals surface area contributed by atoms with Gasteiger partial charge in [-0.05, 0) is 24.8 Å². The maximum absolute atomic E-state index is 12.3. The van der Waals surface area contributed by atoms with Gasteiger partial charge in [-0.1, -0.05) is 30.3 Å². The van der Waals surface area contributed by atoms with E-state index in [0.717, 1.165) is 5.56 Å². The van der Waals surface area contributed by atoms with Crippen LogP contribution in [-0.2, 0) is 16.0 Å². The van der Waals surface area contributed by atoms with Gasteiger partial charge in [0, 0.05) is 13.2 Å². The van der Waals surface area contributed by atoms with Crippen LogP contribution in [0.5, 0.6) is 0 Å². The van der Waals surface area contributed by atoms with Crippen molar-refractivity contribution >= 4 is 5.91 Å². The zero-order valence-corrected chi connectivity index (χ0v) is 11.5. The molecule has 5 nitrogen and oxygen atoms in total. The molecule has 0 bridgehead atoms. The second kappa shape index (κ2) is 6.83. The van der Waals surface area contributed by atoms with E-state index in [1.165, 1.54) is 0 Å². The van der Waals surface area contributed by atoms with Crippen LogP contribution in [0.15, 0.2) is 30.3 Å². The largest absolute Gasteiger partial charge is 0.394 e. The van der Waals surface area contributed by atoms with Gasteiger partial charge in [0.05, 0.1) is 18.2 Å². The highest BCUT2D eigenvalue weighted by Gasteiger charge is 2.36. The molecule has 1 saturated heterocycles. The number of nitrogens with two attached hydrogens (primary N) is 1. The number of hydrogen-bond donors (Lipinski definition) is 3. The van der Waals surface area contributed by atoms with Crippen molar-refractivity contribution in [3.8, 4) is 0 Å². The van der Waals surface area contributed by atoms with Gasteiger partial charge in [0.15, 0.2) is 0 Å². The lowest BCUT2D eigenvalue weighted by Gasteiger charge is -2.33. The average molecular weight is 278 g/mol. The van der Waals surface area contributed by atoms with Crippen LogP contribution in [0.25, 0.3) is 0 Å². The Hall–Kier alpha value is -1.43. The van der Waals surface area contributed by atoms with Crippen molar-refractivity contribution in [2.75, 3.05) is 19.8 Å². The summed E-state index contributed by atoms with van der Waals surface area (Å²) in [5.41, 5.74) is 6.33. The normalized spacial score (nSPS) is 19.3. The third-order valence-corrected chi connectivity index (χ3v) is 3.72. The summed E-state index contributed by atoms with van der Waals surface area (Å²) in [6, 6.07) is 9.45. The average Bonchev–Trinajstić information content (AvgIpc) is 2.48. The molecule has 5 heteroatoms. The Kier molecular flexibility index (Phi) is 5.11. The van der Waals surface area contributed by atoms with Gasteiger partial charge in [-0.3, -0.25) is 4.79 Å². The van der Waals surface area contributed by atoms with Crippen LogP contribution in [0, 0.1) is 0 Å². The van der Waals surface area contributed by atoms with E-state index in [1.54, 1.807) is 0 Å². The fourth-order valence-corrected chi connectivity index (χ4v) is 2.35. The summed E-state index contributed by atoms with van der Waals surface area (Å²) in [6.45, 7) is 0.909. The molecule has 1 atom stereocenters. The topological polar surface area (TPSA) is 84.6 Å². The van der Waals surface area contributed by atoms with E-state index in [-0.39, 0.29) is 18.6 Å². The van der Waals surface area contributed by atoms with Gasteiger partial charge in [0.1, 0.15) is 0 Å². The SMILES string of the molecule is NC1(C(=O)NC(CO)Cc2ccccc2)CCOCC1. The molecule has 1 amide bonds. The van der Waals surface area contributed by atoms with Gasteiger partial charge in [0.2, 0.25) is 5.91 Å². The monoisotopic (exact) mass is 278 g/mol. The molecule has 0 radical (unpaired) electrons. The quantitative estimate of drug-likeness (QED) is 0.719. The lowest BCUT2D eigenvalue weighted by atomic mass is 9.90. The van der Waals surface area contributed by atoms with Crippen LogP contribution in [0.1, 0.15) is 18.4 Å². The molecule has 1 aromatic rings. The highest BCUT2D eigenvalue weighted by Crippen LogP contribution is 2.18. The number of carbonyl (C=O) groups excluding carboxylic acids is 1. The summed E-state index contributed by atoms with van der Waals surface area (Å²) < 4.78 is 5.23. The first-order chi connectivity index (χ1) is 9.64. The predicted octanol–water partition coefficient (Wildman–Crippen LogP) is 0.214. The zero-order chi connectivity index (χ0) is 14.4. The molecule has 20 heavy (non-hydrogen) atoms. The summed E-state index contributed by atoms with van der Waals surface area (Å²) in [5.74, 6) is -0.198. The third-order valence-electron chi connectivity index (χ3n) is 3.72. The zero-order valence-electron chi connectivity index (χ0n) is 11.5. The van der Waals surface area contributed by atoms with Crippen molar-refractivity contribution in [2.45, 2.75) is 30.8 Å². The molecule has 0 spiro atoms. The molecule has 1 aromatic carbocycles. The van der Waals surface area contributed by atoms with Crippen molar-refractivity contribution in [1.82, 2.24) is 5.32 Å². The predicted molar refractivity (Wildman–Crippen MR) is 76.1 cm³/mol. The van der Waals surface area contributed by atoms with Gasteiger partial charge in [-0.2, -0.15) is 0 Å². The second-order valence-electron chi connectivity index (χ2n) is 5.31. The molecular weight excluding hydrogens is 256 g/mol. The number of aliphatic hydroxyl groups is 1. The standard InChI is InChI=1S/C15H22N2O3/c16-15(6-8-20-9-7-15)14(19)17-13(11-18)10-12-4-2-1-3-5-12/h1-5,13,18H,6-11,16H2,(H,17,19). The number of amides is 1. The fourth-order valence-electron chi connectivity index (χ4n) is 2.35. The molecule has 1 unspecified atom stereocenters. The van der Waals surface area contributed by atoms with Crippen LogP contribution >= 0.6 is 0 Å². The van der Waals surface area contributed by atoms with Crippen molar-refractivity contribution in [1.29, 1.82) is 0 Å². The van der Waals surface area contributed by atoms with E-state index in [0.29, 0.717) is 32.5 Å². The Morgan fingerprint density at radius 3 is 2.60 bits per heavy atom. The number of rotatable bonds is 5. The van der Waals surface area contributed by atoms with E-state index >= 15 is 0 Å². The number of ether oxygens (including phenoxy) is 1. The molecular formula is C15H22N2O3. The Balaban J connectivity index is 1.94. The second-order valence-corrected chi connectivity index (χ2v) is 5.31. The van der Waals surface area contributed by atoms with Crippen molar-refractivity contribution in [3.63, 3.8) is 0 Å². The first-order valence-corrected chi connectivity index (χ1v) is 6.96. The van der Waals surface area contributed by atoms with Gasteiger partial charge in [0.25, 0.3) is 0 Å². The minimum Gasteiger partial charge on any atom is -0.394 e. The number of benzene rings is 1. The smallest absolute Gasteiger partial charge is 0.240 e. The highest BCUT2D eigenvalue weighted by molar-refractivity contribution is 5.86. The molecule has 0 aromatic heterocycles. The highest BCUT2D eigenvalue weighted by atomic mass is 16.5. The van der Waals surface area contributed by atoms with Crippen molar-refractivity contribution < 1.29 is 14.6 Å². The van der Waals surface area contributed by atoms with Crippen LogP contribution in [-0.4, -0.2) is 42.4 Å². The summed E-state index contributed by atoms with van der Waals surface area (Å²) in [7, 11) is 0. The molecule has 0 saturated carbocycles. The molecule has 1 heterocycles. The van der Waals surface area contributed by atoms with E-state index in [1.807, 2.05) is 30.3 Å². The van der Waals surface area contributed by atoms with Crippen molar-refractivity contribution in [3.05, 3.63) is 35.9 Å². The number of aliphatic hydroxyl groups excluding tert-OH is 1. The Labute approximate surface area is 119 Å².